The number of halogens is 1. The Morgan fingerprint density at radius 2 is 2.07 bits per heavy atom. The summed E-state index contributed by atoms with van der Waals surface area (Å²) >= 11 is 3.72. The molecule has 4 rings (SSSR count). The van der Waals surface area contributed by atoms with Gasteiger partial charge < -0.3 is 19.7 Å². The van der Waals surface area contributed by atoms with Crippen LogP contribution in [0.2, 0.25) is 0 Å². The van der Waals surface area contributed by atoms with Crippen molar-refractivity contribution in [3.63, 3.8) is 0 Å². The van der Waals surface area contributed by atoms with Crippen molar-refractivity contribution < 1.29 is 9.47 Å². The highest BCUT2D eigenvalue weighted by Gasteiger charge is 2.28. The Labute approximate surface area is 176 Å². The highest BCUT2D eigenvalue weighted by molar-refractivity contribution is 9.10. The molecule has 28 heavy (non-hydrogen) atoms. The second-order valence-electron chi connectivity index (χ2n) is 7.88. The van der Waals surface area contributed by atoms with Crippen LogP contribution in [0, 0.1) is 5.92 Å². The van der Waals surface area contributed by atoms with Gasteiger partial charge in [0.05, 0.1) is 6.61 Å². The van der Waals surface area contributed by atoms with Crippen LogP contribution < -0.4 is 10.1 Å². The van der Waals surface area contributed by atoms with E-state index in [0.717, 1.165) is 25.3 Å². The Hall–Kier alpha value is -1.56. The van der Waals surface area contributed by atoms with Crippen molar-refractivity contribution in [1.29, 1.82) is 0 Å². The van der Waals surface area contributed by atoms with E-state index in [4.69, 9.17) is 9.47 Å². The first-order valence-corrected chi connectivity index (χ1v) is 11.0. The molecule has 1 N–H and O–H groups in total. The Kier molecular flexibility index (Phi) is 6.55. The quantitative estimate of drug-likeness (QED) is 0.605. The third-order valence-electron chi connectivity index (χ3n) is 5.87. The minimum absolute atomic E-state index is 0.589. The van der Waals surface area contributed by atoms with Gasteiger partial charge in [0, 0.05) is 42.8 Å². The van der Waals surface area contributed by atoms with E-state index in [1.54, 1.807) is 7.11 Å². The summed E-state index contributed by atoms with van der Waals surface area (Å²) in [6, 6.07) is 15.1. The van der Waals surface area contributed by atoms with E-state index in [1.165, 1.54) is 40.8 Å². The predicted molar refractivity (Wildman–Crippen MR) is 117 cm³/mol. The molecule has 5 heteroatoms. The lowest BCUT2D eigenvalue weighted by Gasteiger charge is -2.21. The van der Waals surface area contributed by atoms with E-state index in [1.807, 2.05) is 6.07 Å². The predicted octanol–water partition coefficient (Wildman–Crippen LogP) is 4.55. The monoisotopic (exact) mass is 444 g/mol. The van der Waals surface area contributed by atoms with Gasteiger partial charge in [0.25, 0.3) is 0 Å². The normalized spacial score (nSPS) is 21.5. The summed E-state index contributed by atoms with van der Waals surface area (Å²) in [4.78, 5) is 2.64. The number of anilines is 1. The number of nitrogens with one attached hydrogen (secondary N) is 1. The molecule has 0 saturated carbocycles. The molecule has 150 valence electrons. The lowest BCUT2D eigenvalue weighted by Crippen LogP contribution is -2.27. The molecule has 1 fully saturated rings. The lowest BCUT2D eigenvalue weighted by atomic mass is 9.98. The van der Waals surface area contributed by atoms with Gasteiger partial charge in [0.2, 0.25) is 0 Å². The smallest absolute Gasteiger partial charge is 0.119 e. The number of hydrogen-bond donors (Lipinski definition) is 1. The summed E-state index contributed by atoms with van der Waals surface area (Å²) < 4.78 is 12.0. The largest absolute Gasteiger partial charge is 0.491 e. The summed E-state index contributed by atoms with van der Waals surface area (Å²) in [5.74, 6) is 2.24. The molecule has 0 aromatic heterocycles. The van der Waals surface area contributed by atoms with Gasteiger partial charge >= 0.3 is 0 Å². The van der Waals surface area contributed by atoms with Crippen LogP contribution in [0.3, 0.4) is 0 Å². The van der Waals surface area contributed by atoms with Crippen LogP contribution in [0.15, 0.2) is 46.9 Å². The molecule has 0 amide bonds. The van der Waals surface area contributed by atoms with Crippen LogP contribution in [0.25, 0.3) is 0 Å². The summed E-state index contributed by atoms with van der Waals surface area (Å²) in [7, 11) is 1.70. The molecule has 2 aliphatic rings. The maximum atomic E-state index is 5.79. The fourth-order valence-electron chi connectivity index (χ4n) is 4.43. The van der Waals surface area contributed by atoms with Gasteiger partial charge in [-0.3, -0.25) is 0 Å². The number of likely N-dealkylation sites (tertiary alicyclic amines) is 1. The highest BCUT2D eigenvalue weighted by Crippen LogP contribution is 2.34. The zero-order chi connectivity index (χ0) is 19.3. The third kappa shape index (κ3) is 4.70. The minimum Gasteiger partial charge on any atom is -0.491 e. The molecule has 1 saturated heterocycles. The summed E-state index contributed by atoms with van der Waals surface area (Å²) in [6.07, 6.45) is 2.36. The zero-order valence-electron chi connectivity index (χ0n) is 16.5. The zero-order valence-corrected chi connectivity index (χ0v) is 18.1. The maximum Gasteiger partial charge on any atom is 0.119 e. The van der Waals surface area contributed by atoms with Gasteiger partial charge in [-0.1, -0.05) is 34.1 Å². The number of hydrogen-bond acceptors (Lipinski definition) is 4. The van der Waals surface area contributed by atoms with Crippen LogP contribution in [0.5, 0.6) is 5.75 Å². The van der Waals surface area contributed by atoms with E-state index in [0.29, 0.717) is 25.0 Å². The van der Waals surface area contributed by atoms with Crippen molar-refractivity contribution in [3.8, 4) is 5.75 Å². The molecule has 0 spiro atoms. The molecule has 2 aliphatic heterocycles. The van der Waals surface area contributed by atoms with Crippen molar-refractivity contribution in [3.05, 3.63) is 58.1 Å². The average Bonchev–Trinajstić information content (AvgIpc) is 3.32. The molecule has 0 aliphatic carbocycles. The van der Waals surface area contributed by atoms with Crippen molar-refractivity contribution in [2.75, 3.05) is 51.8 Å². The fourth-order valence-corrected chi connectivity index (χ4v) is 4.84. The van der Waals surface area contributed by atoms with Gasteiger partial charge in [-0.15, -0.1) is 0 Å². The van der Waals surface area contributed by atoms with Crippen molar-refractivity contribution >= 4 is 21.6 Å². The second-order valence-corrected chi connectivity index (χ2v) is 8.73. The van der Waals surface area contributed by atoms with Crippen LogP contribution in [0.1, 0.15) is 23.5 Å². The Bertz CT molecular complexity index is 798. The number of rotatable bonds is 8. The van der Waals surface area contributed by atoms with Gasteiger partial charge in [0.1, 0.15) is 12.4 Å². The SMILES string of the molecule is COCCOc1ccc(Br)c(CC2CCN(CC3CNc4ccccc43)C2)c1. The molecule has 2 heterocycles. The number of ether oxygens (including phenoxy) is 2. The second kappa shape index (κ2) is 9.29. The Morgan fingerprint density at radius 3 is 2.96 bits per heavy atom. The molecule has 2 atom stereocenters. The highest BCUT2D eigenvalue weighted by atomic mass is 79.9. The first kappa shape index (κ1) is 19.7. The van der Waals surface area contributed by atoms with Crippen LogP contribution in [-0.4, -0.2) is 51.4 Å². The van der Waals surface area contributed by atoms with Gasteiger partial charge in [-0.25, -0.2) is 0 Å². The molecule has 2 unspecified atom stereocenters. The van der Waals surface area contributed by atoms with E-state index >= 15 is 0 Å². The molecule has 0 bridgehead atoms. The van der Waals surface area contributed by atoms with Gasteiger partial charge in [-0.05, 0) is 60.7 Å². The van der Waals surface area contributed by atoms with Crippen molar-refractivity contribution in [2.24, 2.45) is 5.92 Å². The molecule has 0 radical (unpaired) electrons. The van der Waals surface area contributed by atoms with Gasteiger partial charge in [0.15, 0.2) is 0 Å². The third-order valence-corrected chi connectivity index (χ3v) is 6.64. The maximum absolute atomic E-state index is 5.79. The standard InChI is InChI=1S/C23H29BrN2O2/c1-27-10-11-28-20-6-7-22(24)18(13-20)12-17-8-9-26(15-17)16-19-14-25-23-5-3-2-4-21(19)23/h2-7,13,17,19,25H,8-12,14-16H2,1H3. The summed E-state index contributed by atoms with van der Waals surface area (Å²) in [5.41, 5.74) is 4.14. The Balaban J connectivity index is 1.32. The molecule has 2 aromatic rings. The van der Waals surface area contributed by atoms with Crippen molar-refractivity contribution in [1.82, 2.24) is 4.90 Å². The van der Waals surface area contributed by atoms with Crippen LogP contribution in [-0.2, 0) is 11.2 Å². The lowest BCUT2D eigenvalue weighted by molar-refractivity contribution is 0.146. The molecule has 4 nitrogen and oxygen atoms in total. The number of nitrogens with zero attached hydrogens (tertiary/aromatic N) is 1. The molecule has 2 aromatic carbocycles. The average molecular weight is 445 g/mol. The number of fused-ring (bicyclic) bond motifs is 1. The number of para-hydroxylation sites is 1. The van der Waals surface area contributed by atoms with Crippen molar-refractivity contribution in [2.45, 2.75) is 18.8 Å². The molecular weight excluding hydrogens is 416 g/mol. The molecular formula is C23H29BrN2O2. The van der Waals surface area contributed by atoms with Crippen LogP contribution >= 0.6 is 15.9 Å². The minimum atomic E-state index is 0.589. The first-order valence-electron chi connectivity index (χ1n) is 10.2. The topological polar surface area (TPSA) is 33.7 Å². The van der Waals surface area contributed by atoms with Crippen LogP contribution in [0.4, 0.5) is 5.69 Å². The summed E-state index contributed by atoms with van der Waals surface area (Å²) in [5, 5.41) is 3.55. The number of methoxy groups -OCH3 is 1. The van der Waals surface area contributed by atoms with E-state index in [-0.39, 0.29) is 0 Å². The number of benzene rings is 2. The summed E-state index contributed by atoms with van der Waals surface area (Å²) in [6.45, 7) is 5.80. The van der Waals surface area contributed by atoms with E-state index in [2.05, 4.69) is 62.5 Å². The van der Waals surface area contributed by atoms with Gasteiger partial charge in [-0.2, -0.15) is 0 Å². The van der Waals surface area contributed by atoms with E-state index in [9.17, 15) is 0 Å². The van der Waals surface area contributed by atoms with E-state index < -0.39 is 0 Å². The fraction of sp³-hybridized carbons (Fsp3) is 0.478. The first-order chi connectivity index (χ1) is 13.7. The Morgan fingerprint density at radius 1 is 1.18 bits per heavy atom.